The van der Waals surface area contributed by atoms with Gasteiger partial charge in [-0.2, -0.15) is 0 Å². The smallest absolute Gasteiger partial charge is 0.254 e. The minimum atomic E-state index is -0.0561. The minimum absolute atomic E-state index is 0.0561. The molecule has 3 aromatic carbocycles. The zero-order chi connectivity index (χ0) is 25.1. The molecule has 0 N–H and O–H groups in total. The van der Waals surface area contributed by atoms with Gasteiger partial charge in [-0.05, 0) is 87.8 Å². The number of imidazole rings is 1. The lowest BCUT2D eigenvalue weighted by Crippen LogP contribution is -2.39. The predicted molar refractivity (Wildman–Crippen MR) is 149 cm³/mol. The zero-order valence-electron chi connectivity index (χ0n) is 21.0. The van der Waals surface area contributed by atoms with Gasteiger partial charge < -0.3 is 14.4 Å². The number of hydrogen-bond acceptors (Lipinski definition) is 3. The van der Waals surface area contributed by atoms with Crippen LogP contribution in [0.3, 0.4) is 0 Å². The third-order valence-electron chi connectivity index (χ3n) is 6.89. The molecule has 6 heteroatoms. The Morgan fingerprint density at radius 3 is 2.36 bits per heavy atom. The van der Waals surface area contributed by atoms with Crippen LogP contribution in [-0.4, -0.2) is 52.4 Å². The summed E-state index contributed by atoms with van der Waals surface area (Å²) in [6.45, 7) is 2.36. The number of carbonyl (C=O) groups is 1. The molecule has 4 aromatic rings. The molecule has 1 fully saturated rings. The van der Waals surface area contributed by atoms with E-state index >= 15 is 0 Å². The number of para-hydroxylation sites is 2. The number of carbonyl (C=O) groups excluding carboxylic acids is 1. The molecule has 0 radical (unpaired) electrons. The lowest BCUT2D eigenvalue weighted by molar-refractivity contribution is 0.0630. The summed E-state index contributed by atoms with van der Waals surface area (Å²) in [5, 5.41) is 0. The average molecular weight is 546 g/mol. The maximum Gasteiger partial charge on any atom is 0.254 e. The number of amides is 1. The molecule has 36 heavy (non-hydrogen) atoms. The summed E-state index contributed by atoms with van der Waals surface area (Å²) in [5.74, 6) is 1.50. The van der Waals surface area contributed by atoms with E-state index in [4.69, 9.17) is 4.98 Å². The van der Waals surface area contributed by atoms with Crippen LogP contribution in [0.4, 0.5) is 0 Å². The average Bonchev–Trinajstić information content (AvgIpc) is 3.66. The molecule has 5 nitrogen and oxygen atoms in total. The molecule has 1 saturated carbocycles. The van der Waals surface area contributed by atoms with Crippen LogP contribution in [0.15, 0.2) is 83.3 Å². The fourth-order valence-corrected chi connectivity index (χ4v) is 5.22. The summed E-state index contributed by atoms with van der Waals surface area (Å²) in [4.78, 5) is 23.5. The Labute approximate surface area is 221 Å². The zero-order valence-corrected chi connectivity index (χ0v) is 22.6. The van der Waals surface area contributed by atoms with Crippen LogP contribution in [0.25, 0.3) is 11.0 Å². The van der Waals surface area contributed by atoms with E-state index < -0.39 is 0 Å². The molecule has 5 rings (SSSR count). The van der Waals surface area contributed by atoms with E-state index in [1.807, 2.05) is 36.4 Å². The SMILES string of the molecule is CN(C)CCCN(C(=O)c1ccc(Br)cc1)C(c1nc2ccccc2n1Cc1ccccc1)C1CC1. The van der Waals surface area contributed by atoms with Crippen molar-refractivity contribution in [2.45, 2.75) is 31.8 Å². The summed E-state index contributed by atoms with van der Waals surface area (Å²) in [5.41, 5.74) is 4.05. The van der Waals surface area contributed by atoms with Crippen molar-refractivity contribution in [3.63, 3.8) is 0 Å². The van der Waals surface area contributed by atoms with Gasteiger partial charge in [0.05, 0.1) is 17.1 Å². The first-order chi connectivity index (χ1) is 17.5. The van der Waals surface area contributed by atoms with E-state index in [2.05, 4.69) is 86.9 Å². The maximum absolute atomic E-state index is 14.0. The summed E-state index contributed by atoms with van der Waals surface area (Å²) >= 11 is 3.51. The largest absolute Gasteiger partial charge is 0.328 e. The highest BCUT2D eigenvalue weighted by Gasteiger charge is 2.41. The van der Waals surface area contributed by atoms with E-state index in [-0.39, 0.29) is 11.9 Å². The van der Waals surface area contributed by atoms with E-state index in [0.29, 0.717) is 12.5 Å². The Morgan fingerprint density at radius 2 is 1.67 bits per heavy atom. The maximum atomic E-state index is 14.0. The molecular weight excluding hydrogens is 512 g/mol. The lowest BCUT2D eigenvalue weighted by atomic mass is 10.1. The summed E-state index contributed by atoms with van der Waals surface area (Å²) in [6, 6.07) is 26.5. The van der Waals surface area contributed by atoms with Crippen LogP contribution in [0, 0.1) is 5.92 Å². The van der Waals surface area contributed by atoms with E-state index in [1.54, 1.807) is 0 Å². The molecule has 0 bridgehead atoms. The Morgan fingerprint density at radius 1 is 0.972 bits per heavy atom. The number of rotatable bonds is 10. The fourth-order valence-electron chi connectivity index (χ4n) is 4.95. The van der Waals surface area contributed by atoms with Gasteiger partial charge in [-0.1, -0.05) is 58.4 Å². The molecule has 1 aliphatic carbocycles. The number of halogens is 1. The number of benzene rings is 3. The fraction of sp³-hybridized carbons (Fsp3) is 0.333. The third-order valence-corrected chi connectivity index (χ3v) is 7.42. The summed E-state index contributed by atoms with van der Waals surface area (Å²) in [6.07, 6.45) is 3.16. The molecule has 0 aliphatic heterocycles. The predicted octanol–water partition coefficient (Wildman–Crippen LogP) is 6.39. The Bertz CT molecular complexity index is 1310. The van der Waals surface area contributed by atoms with Gasteiger partial charge in [0.25, 0.3) is 5.91 Å². The Hall–Kier alpha value is -2.96. The van der Waals surface area contributed by atoms with Crippen molar-refractivity contribution in [3.8, 4) is 0 Å². The van der Waals surface area contributed by atoms with Gasteiger partial charge in [0.2, 0.25) is 0 Å². The second-order valence-corrected chi connectivity index (χ2v) is 10.9. The number of fused-ring (bicyclic) bond motifs is 1. The van der Waals surface area contributed by atoms with Crippen molar-refractivity contribution in [1.29, 1.82) is 0 Å². The van der Waals surface area contributed by atoms with Gasteiger partial charge in [-0.15, -0.1) is 0 Å². The van der Waals surface area contributed by atoms with Crippen LogP contribution >= 0.6 is 15.9 Å². The van der Waals surface area contributed by atoms with Gasteiger partial charge in [-0.25, -0.2) is 4.98 Å². The topological polar surface area (TPSA) is 41.4 Å². The third kappa shape index (κ3) is 5.55. The first-order valence-electron chi connectivity index (χ1n) is 12.7. The highest BCUT2D eigenvalue weighted by molar-refractivity contribution is 9.10. The first kappa shape index (κ1) is 24.7. The van der Waals surface area contributed by atoms with Crippen LogP contribution in [0.2, 0.25) is 0 Å². The van der Waals surface area contributed by atoms with Crippen molar-refractivity contribution >= 4 is 32.9 Å². The highest BCUT2D eigenvalue weighted by Crippen LogP contribution is 2.45. The summed E-state index contributed by atoms with van der Waals surface area (Å²) < 4.78 is 3.31. The minimum Gasteiger partial charge on any atom is -0.328 e. The van der Waals surface area contributed by atoms with Crippen molar-refractivity contribution in [3.05, 3.63) is 100 Å². The molecule has 1 amide bonds. The standard InChI is InChI=1S/C30H33BrN4O/c1-33(2)19-8-20-34(30(36)24-15-17-25(31)18-16-24)28(23-13-14-23)29-32-26-11-6-7-12-27(26)35(29)21-22-9-4-3-5-10-22/h3-7,9-12,15-18,23,28H,8,13-14,19-21H2,1-2H3. The summed E-state index contributed by atoms with van der Waals surface area (Å²) in [7, 11) is 4.16. The Kier molecular flexibility index (Phi) is 7.54. The van der Waals surface area contributed by atoms with E-state index in [0.717, 1.165) is 59.2 Å². The van der Waals surface area contributed by atoms with Crippen LogP contribution < -0.4 is 0 Å². The number of aromatic nitrogens is 2. The molecule has 1 aromatic heterocycles. The van der Waals surface area contributed by atoms with Gasteiger partial charge in [0, 0.05) is 23.1 Å². The van der Waals surface area contributed by atoms with E-state index in [1.165, 1.54) is 5.56 Å². The molecular formula is C30H33BrN4O. The van der Waals surface area contributed by atoms with Gasteiger partial charge >= 0.3 is 0 Å². The normalized spacial score (nSPS) is 14.3. The van der Waals surface area contributed by atoms with Gasteiger partial charge in [0.15, 0.2) is 0 Å². The monoisotopic (exact) mass is 544 g/mol. The molecule has 1 aliphatic rings. The van der Waals surface area contributed by atoms with E-state index in [9.17, 15) is 4.79 Å². The second-order valence-electron chi connectivity index (χ2n) is 9.97. The lowest BCUT2D eigenvalue weighted by Gasteiger charge is -2.33. The first-order valence-corrected chi connectivity index (χ1v) is 13.5. The highest BCUT2D eigenvalue weighted by atomic mass is 79.9. The van der Waals surface area contributed by atoms with Crippen LogP contribution in [-0.2, 0) is 6.54 Å². The molecule has 1 atom stereocenters. The molecule has 1 unspecified atom stereocenters. The van der Waals surface area contributed by atoms with Crippen molar-refractivity contribution in [2.75, 3.05) is 27.2 Å². The number of nitrogens with zero attached hydrogens (tertiary/aromatic N) is 4. The molecule has 0 saturated heterocycles. The molecule has 0 spiro atoms. The van der Waals surface area contributed by atoms with Crippen molar-refractivity contribution in [1.82, 2.24) is 19.4 Å². The van der Waals surface area contributed by atoms with Crippen molar-refractivity contribution < 1.29 is 4.79 Å². The number of hydrogen-bond donors (Lipinski definition) is 0. The van der Waals surface area contributed by atoms with Gasteiger partial charge in [-0.3, -0.25) is 4.79 Å². The van der Waals surface area contributed by atoms with Gasteiger partial charge in [0.1, 0.15) is 5.82 Å². The molecule has 1 heterocycles. The van der Waals surface area contributed by atoms with Crippen LogP contribution in [0.1, 0.15) is 47.1 Å². The van der Waals surface area contributed by atoms with Crippen LogP contribution in [0.5, 0.6) is 0 Å². The van der Waals surface area contributed by atoms with Crippen molar-refractivity contribution in [2.24, 2.45) is 5.92 Å². The quantitative estimate of drug-likeness (QED) is 0.232. The second kappa shape index (κ2) is 11.0. The molecule has 186 valence electrons. The Balaban J connectivity index is 1.58.